The summed E-state index contributed by atoms with van der Waals surface area (Å²) in [7, 11) is 0. The molecule has 2 aliphatic rings. The topological polar surface area (TPSA) is 160 Å². The van der Waals surface area contributed by atoms with Crippen molar-refractivity contribution in [3.05, 3.63) is 99.0 Å². The molecule has 0 spiro atoms. The SMILES string of the molecule is C=C(C)[C@@H]1CCC(CO)=C[C@H]1c1c(O)cc(CCCCCO[N+](=O)OCCCCCc2cc(O)c([C@@H]3C=C(CO)CC[C@H]3C(=C)C)c(O)c2)cc1O. The van der Waals surface area contributed by atoms with E-state index in [1.807, 2.05) is 26.0 Å². The maximum Gasteiger partial charge on any atom is 0.477 e. The van der Waals surface area contributed by atoms with E-state index in [0.29, 0.717) is 36.8 Å². The molecule has 0 heterocycles. The van der Waals surface area contributed by atoms with Crippen molar-refractivity contribution in [2.24, 2.45) is 11.8 Å². The van der Waals surface area contributed by atoms with Crippen LogP contribution in [0.15, 0.2) is 71.9 Å². The molecule has 0 unspecified atom stereocenters. The number of aliphatic hydroxyl groups excluding tert-OH is 2. The molecule has 10 heteroatoms. The molecule has 2 aromatic rings. The van der Waals surface area contributed by atoms with Crippen molar-refractivity contribution in [3.8, 4) is 23.0 Å². The van der Waals surface area contributed by atoms with Gasteiger partial charge in [0.15, 0.2) is 13.2 Å². The number of aliphatic hydroxyl groups is 2. The van der Waals surface area contributed by atoms with E-state index >= 15 is 0 Å². The third-order valence-electron chi connectivity index (χ3n) is 10.6. The fraction of sp³-hybridized carbons (Fsp3) is 0.524. The molecule has 0 aliphatic heterocycles. The molecular formula is C42H58NO9+. The Balaban J connectivity index is 1.11. The number of benzene rings is 2. The predicted molar refractivity (Wildman–Crippen MR) is 201 cm³/mol. The molecule has 0 amide bonds. The molecule has 0 bridgehead atoms. The van der Waals surface area contributed by atoms with Crippen molar-refractivity contribution in [2.75, 3.05) is 26.4 Å². The van der Waals surface area contributed by atoms with Crippen LogP contribution < -0.4 is 0 Å². The zero-order valence-corrected chi connectivity index (χ0v) is 30.9. The average molecular weight is 721 g/mol. The van der Waals surface area contributed by atoms with Crippen molar-refractivity contribution in [1.29, 1.82) is 0 Å². The predicted octanol–water partition coefficient (Wildman–Crippen LogP) is 8.25. The number of aromatic hydroxyl groups is 4. The molecule has 0 saturated heterocycles. The number of hydrogen-bond acceptors (Lipinski definition) is 9. The van der Waals surface area contributed by atoms with Crippen LogP contribution in [-0.4, -0.2) is 62.2 Å². The molecule has 2 aliphatic carbocycles. The average Bonchev–Trinajstić information content (AvgIpc) is 3.10. The Bertz CT molecular complexity index is 1460. The highest BCUT2D eigenvalue weighted by Crippen LogP contribution is 2.48. The summed E-state index contributed by atoms with van der Waals surface area (Å²) in [5.41, 5.74) is 6.34. The first-order chi connectivity index (χ1) is 24.9. The van der Waals surface area contributed by atoms with Crippen molar-refractivity contribution in [3.63, 3.8) is 0 Å². The second-order valence-corrected chi connectivity index (χ2v) is 14.6. The minimum absolute atomic E-state index is 0.0404. The summed E-state index contributed by atoms with van der Waals surface area (Å²) in [5.74, 6) is -0.165. The van der Waals surface area contributed by atoms with Crippen LogP contribution >= 0.6 is 0 Å². The Labute approximate surface area is 307 Å². The normalized spacial score (nSPS) is 20.2. The molecule has 284 valence electrons. The minimum atomic E-state index is -0.242. The maximum atomic E-state index is 11.9. The zero-order chi connectivity index (χ0) is 37.8. The van der Waals surface area contributed by atoms with Crippen LogP contribution in [0, 0.1) is 16.7 Å². The summed E-state index contributed by atoms with van der Waals surface area (Å²) in [5, 5.41) is 63.0. The van der Waals surface area contributed by atoms with E-state index in [4.69, 9.17) is 9.68 Å². The third kappa shape index (κ3) is 10.9. The van der Waals surface area contributed by atoms with Gasteiger partial charge in [0.25, 0.3) is 0 Å². The lowest BCUT2D eigenvalue weighted by molar-refractivity contribution is -0.981. The highest BCUT2D eigenvalue weighted by molar-refractivity contribution is 5.53. The Hall–Kier alpha value is -4.28. The number of allylic oxidation sites excluding steroid dienone is 4. The van der Waals surface area contributed by atoms with E-state index in [1.165, 1.54) is 0 Å². The lowest BCUT2D eigenvalue weighted by atomic mass is 9.73. The summed E-state index contributed by atoms with van der Waals surface area (Å²) >= 11 is 0. The molecular weight excluding hydrogens is 662 g/mol. The smallest absolute Gasteiger partial charge is 0.477 e. The van der Waals surface area contributed by atoms with Crippen molar-refractivity contribution in [1.82, 2.24) is 0 Å². The van der Waals surface area contributed by atoms with Gasteiger partial charge in [0, 0.05) is 23.0 Å². The second-order valence-electron chi connectivity index (χ2n) is 14.6. The molecule has 0 fully saturated rings. The van der Waals surface area contributed by atoms with Gasteiger partial charge < -0.3 is 30.6 Å². The Morgan fingerprint density at radius 1 is 0.654 bits per heavy atom. The van der Waals surface area contributed by atoms with Gasteiger partial charge >= 0.3 is 5.09 Å². The maximum absolute atomic E-state index is 11.9. The van der Waals surface area contributed by atoms with Crippen LogP contribution in [0.2, 0.25) is 0 Å². The fourth-order valence-corrected chi connectivity index (χ4v) is 7.75. The van der Waals surface area contributed by atoms with Crippen molar-refractivity contribution >= 4 is 0 Å². The quantitative estimate of drug-likeness (QED) is 0.0450. The van der Waals surface area contributed by atoms with Crippen LogP contribution in [0.25, 0.3) is 0 Å². The van der Waals surface area contributed by atoms with Gasteiger partial charge in [0.05, 0.1) is 13.2 Å². The third-order valence-corrected chi connectivity index (χ3v) is 10.6. The Kier molecular flexibility index (Phi) is 15.2. The molecule has 2 aromatic carbocycles. The summed E-state index contributed by atoms with van der Waals surface area (Å²) < 4.78 is 0. The van der Waals surface area contributed by atoms with Crippen LogP contribution in [0.4, 0.5) is 0 Å². The largest absolute Gasteiger partial charge is 0.507 e. The van der Waals surface area contributed by atoms with E-state index in [2.05, 4.69) is 13.2 Å². The number of nitrogens with zero attached hydrogens (tertiary/aromatic N) is 1. The molecule has 4 atom stereocenters. The minimum Gasteiger partial charge on any atom is -0.507 e. The van der Waals surface area contributed by atoms with Gasteiger partial charge in [0.1, 0.15) is 27.9 Å². The van der Waals surface area contributed by atoms with Crippen molar-refractivity contribution in [2.45, 2.75) is 103 Å². The second kappa shape index (κ2) is 19.5. The van der Waals surface area contributed by atoms with Gasteiger partial charge in [-0.1, -0.05) is 36.5 Å². The standard InChI is InChI=1S/C42H57NO9/c1-27(2)33-15-13-31(25-44)19-35(33)41-37(46)21-29(22-38(41)47)11-7-5-9-17-51-43(50)52-18-10-6-8-12-30-23-39(48)42(40(49)24-30)36-20-32(26-45)14-16-34(36)28(3)4/h19-24,33-36,44-45H,1,3,5-18,25-26H2,2,4H3,(H3-,46,47,48,49)/p+1/t33-,34-,35+,36+/m0/s1. The number of phenols is 4. The molecule has 6 N–H and O–H groups in total. The molecule has 10 nitrogen and oxygen atoms in total. The van der Waals surface area contributed by atoms with Gasteiger partial charge in [0.2, 0.25) is 0 Å². The van der Waals surface area contributed by atoms with Gasteiger partial charge in [-0.3, -0.25) is 0 Å². The van der Waals surface area contributed by atoms with E-state index in [-0.39, 0.29) is 78.2 Å². The molecule has 4 rings (SSSR count). The van der Waals surface area contributed by atoms with Crippen LogP contribution in [0.3, 0.4) is 0 Å². The summed E-state index contributed by atoms with van der Waals surface area (Å²) in [6, 6.07) is 6.79. The first-order valence-electron chi connectivity index (χ1n) is 18.7. The van der Waals surface area contributed by atoms with Gasteiger partial charge in [-0.05, 0) is 149 Å². The first kappa shape index (κ1) is 40.5. The number of unbranched alkanes of at least 4 members (excludes halogenated alkanes) is 4. The number of rotatable bonds is 20. The highest BCUT2D eigenvalue weighted by atomic mass is 17.0. The monoisotopic (exact) mass is 720 g/mol. The molecule has 52 heavy (non-hydrogen) atoms. The molecule has 0 saturated carbocycles. The Morgan fingerprint density at radius 3 is 1.35 bits per heavy atom. The lowest BCUT2D eigenvalue weighted by Crippen LogP contribution is -2.18. The van der Waals surface area contributed by atoms with E-state index in [1.54, 1.807) is 24.3 Å². The van der Waals surface area contributed by atoms with Crippen LogP contribution in [0.1, 0.15) is 112 Å². The van der Waals surface area contributed by atoms with E-state index < -0.39 is 0 Å². The first-order valence-corrected chi connectivity index (χ1v) is 18.7. The van der Waals surface area contributed by atoms with Crippen LogP contribution in [0.5, 0.6) is 23.0 Å². The number of hydrogen-bond donors (Lipinski definition) is 6. The van der Waals surface area contributed by atoms with Crippen molar-refractivity contribution < 1.29 is 45.4 Å². The molecule has 0 aromatic heterocycles. The highest BCUT2D eigenvalue weighted by Gasteiger charge is 2.32. The summed E-state index contributed by atoms with van der Waals surface area (Å²) in [6.45, 7) is 12.4. The van der Waals surface area contributed by atoms with Gasteiger partial charge in [-0.25, -0.2) is 0 Å². The van der Waals surface area contributed by atoms with Crippen LogP contribution in [-0.2, 0) is 22.5 Å². The number of aryl methyl sites for hydroxylation is 2. The summed E-state index contributed by atoms with van der Waals surface area (Å²) in [4.78, 5) is 22.2. The van der Waals surface area contributed by atoms with E-state index in [9.17, 15) is 35.5 Å². The fourth-order valence-electron chi connectivity index (χ4n) is 7.75. The van der Waals surface area contributed by atoms with Gasteiger partial charge in [-0.2, -0.15) is 9.68 Å². The zero-order valence-electron chi connectivity index (χ0n) is 30.9. The molecule has 0 radical (unpaired) electrons. The Morgan fingerprint density at radius 2 is 1.02 bits per heavy atom. The lowest BCUT2D eigenvalue weighted by Gasteiger charge is -2.31. The number of phenolic OH excluding ortho intramolecular Hbond substituents is 4. The van der Waals surface area contributed by atoms with E-state index in [0.717, 1.165) is 84.8 Å². The summed E-state index contributed by atoms with van der Waals surface area (Å²) in [6.07, 6.45) is 12.7. The van der Waals surface area contributed by atoms with Gasteiger partial charge in [-0.15, -0.1) is 0 Å².